The van der Waals surface area contributed by atoms with Crippen molar-refractivity contribution < 1.29 is 52.1 Å². The number of ether oxygens (including phenoxy) is 4. The zero-order chi connectivity index (χ0) is 85.8. The minimum absolute atomic E-state index is 0.112. The van der Waals surface area contributed by atoms with Crippen molar-refractivity contribution in [2.24, 2.45) is 0 Å². The summed E-state index contributed by atoms with van der Waals surface area (Å²) < 4.78 is 40.1. The average Bonchev–Trinajstić information content (AvgIpc) is 1.61. The van der Waals surface area contributed by atoms with E-state index in [1.54, 1.807) is 124 Å². The Morgan fingerprint density at radius 2 is 0.884 bits per heavy atom. The standard InChI is InChI=1S/C33H32ClFN4O3.C29H32Cl2N6O3.C28H29Cl2N5O4/c1-21(23-8-6-5-7-9-23)36-31(40)29-28-20-38(32(41)42-33(2,3)4)19-24(18-22-10-14-26(35)15-11-22)30(28)39(37-29)27-16-12-25(34)13-17-27;1-3-32-29(39)35-17-20(15-19-7-10-22(40-2)11-8-19)27-23(18-35)26(28(38)34-36-13-5-4-6-14-36)33-37(27)25-12-9-21(30)16-24(25)31;1-38-21-9-6-18(7-10-21)14-19-16-33(28(37)39-2)17-22-25(27(36)32-34-12-4-3-5-13-34)31-35(26(19)22)24-11-8-20(29)15-23(24)30/h5-18,21H,19-20H2,1-4H3,(H,36,40);7-12,15-16H,3-6,13-14,17-18H2,1-2H3,(H,32,39)(H,34,38);6-11,14-15H,3-5,12-13,16-17H2,1-2H3,(H,32,36)/b24-18+;20-15+;19-14+/t21-;;/m1../s1. The number of methoxy groups -OCH3 is 3. The fourth-order valence-corrected chi connectivity index (χ4v) is 16.0. The molecule has 1 atom stereocenters. The van der Waals surface area contributed by atoms with Gasteiger partial charge in [-0.15, -0.1) is 0 Å². The lowest BCUT2D eigenvalue weighted by Gasteiger charge is -2.32. The van der Waals surface area contributed by atoms with Crippen LogP contribution < -0.4 is 31.0 Å². The first-order chi connectivity index (χ1) is 58.2. The van der Waals surface area contributed by atoms with E-state index in [0.717, 1.165) is 115 Å². The molecule has 10 aromatic rings. The summed E-state index contributed by atoms with van der Waals surface area (Å²) in [5.74, 6) is 0.0884. The number of hydrogen-bond donors (Lipinski definition) is 4. The van der Waals surface area contributed by atoms with E-state index in [-0.39, 0.29) is 85.4 Å². The van der Waals surface area contributed by atoms with Crippen molar-refractivity contribution in [1.82, 2.24) is 75.5 Å². The van der Waals surface area contributed by atoms with Crippen LogP contribution in [-0.4, -0.2) is 169 Å². The Morgan fingerprint density at radius 3 is 1.31 bits per heavy atom. The number of aromatic nitrogens is 6. The van der Waals surface area contributed by atoms with Crippen LogP contribution >= 0.6 is 58.0 Å². The molecule has 4 N–H and O–H groups in total. The van der Waals surface area contributed by atoms with Crippen molar-refractivity contribution in [3.8, 4) is 28.6 Å². The SMILES string of the molecule is CCNC(=O)N1C/C(=C\c2ccc(OC)cc2)c2c(c(C(=O)NN3CCCCC3)nn2-c2ccc(Cl)cc2Cl)C1.COC(=O)N1C/C(=C\c2ccc(OC)cc2)c2c(c(C(=O)NN3CCCCC3)nn2-c2ccc(Cl)cc2Cl)C1.C[C@@H](NC(=O)c1nn(-c2ccc(Cl)cc2)c2c1CN(C(=O)OC(C)(C)C)C/C2=C\c1ccc(F)cc1)c1ccccc1. The van der Waals surface area contributed by atoms with Gasteiger partial charge in [0.05, 0.1) is 104 Å². The maximum Gasteiger partial charge on any atom is 0.410 e. The largest absolute Gasteiger partial charge is 0.497 e. The van der Waals surface area contributed by atoms with E-state index in [4.69, 9.17) is 92.2 Å². The summed E-state index contributed by atoms with van der Waals surface area (Å²) in [6.45, 7) is 14.0. The van der Waals surface area contributed by atoms with Crippen LogP contribution in [0.3, 0.4) is 0 Å². The number of nitrogens with one attached hydrogen (secondary N) is 4. The van der Waals surface area contributed by atoms with E-state index in [1.807, 2.05) is 133 Å². The second-order valence-electron chi connectivity index (χ2n) is 30.5. The molecule has 0 radical (unpaired) electrons. The Hall–Kier alpha value is -11.5. The van der Waals surface area contributed by atoms with E-state index in [1.165, 1.54) is 19.2 Å². The quantitative estimate of drug-likeness (QED) is 0.0701. The molecule has 8 heterocycles. The van der Waals surface area contributed by atoms with Gasteiger partial charge < -0.3 is 34.5 Å². The molecule has 0 bridgehead atoms. The monoisotopic (exact) mass is 1740 g/mol. The second kappa shape index (κ2) is 39.4. The summed E-state index contributed by atoms with van der Waals surface area (Å²) >= 11 is 31.8. The highest BCUT2D eigenvalue weighted by Gasteiger charge is 2.39. The number of carbonyl (C=O) groups is 6. The highest BCUT2D eigenvalue weighted by molar-refractivity contribution is 6.36. The predicted octanol–water partition coefficient (Wildman–Crippen LogP) is 18.3. The van der Waals surface area contributed by atoms with Crippen molar-refractivity contribution in [3.05, 3.63) is 268 Å². The summed E-state index contributed by atoms with van der Waals surface area (Å²) in [7, 11) is 4.57. The maximum absolute atomic E-state index is 13.8. The third-order valence-corrected chi connectivity index (χ3v) is 22.0. The van der Waals surface area contributed by atoms with Gasteiger partial charge in [-0.25, -0.2) is 42.8 Å². The number of rotatable bonds is 16. The number of hydrazine groups is 2. The number of amides is 7. The number of urea groups is 1. The van der Waals surface area contributed by atoms with Crippen LogP contribution in [0.15, 0.2) is 164 Å². The third-order valence-electron chi connectivity index (χ3n) is 20.7. The Labute approximate surface area is 726 Å². The van der Waals surface area contributed by atoms with Crippen LogP contribution in [0.1, 0.15) is 167 Å². The van der Waals surface area contributed by atoms with Crippen LogP contribution in [0.25, 0.3) is 52.0 Å². The minimum Gasteiger partial charge on any atom is -0.497 e. The topological polar surface area (TPSA) is 257 Å². The van der Waals surface area contributed by atoms with Gasteiger partial charge in [0, 0.05) is 71.0 Å². The fraction of sp³-hybridized carbons (Fsp3) is 0.300. The molecule has 7 aromatic carbocycles. The molecule has 15 rings (SSSR count). The van der Waals surface area contributed by atoms with Gasteiger partial charge in [-0.05, 0) is 215 Å². The van der Waals surface area contributed by atoms with Gasteiger partial charge >= 0.3 is 18.2 Å². The summed E-state index contributed by atoms with van der Waals surface area (Å²) in [6.07, 6.45) is 11.2. The smallest absolute Gasteiger partial charge is 0.410 e. The van der Waals surface area contributed by atoms with Gasteiger partial charge in [0.2, 0.25) is 0 Å². The lowest BCUT2D eigenvalue weighted by Crippen LogP contribution is -2.46. The Morgan fingerprint density at radius 1 is 0.479 bits per heavy atom. The van der Waals surface area contributed by atoms with Crippen LogP contribution in [0.2, 0.25) is 25.1 Å². The third kappa shape index (κ3) is 21.3. The van der Waals surface area contributed by atoms with E-state index in [9.17, 15) is 33.2 Å². The van der Waals surface area contributed by atoms with E-state index >= 15 is 0 Å². The average molecular weight is 1740 g/mol. The van der Waals surface area contributed by atoms with Crippen molar-refractivity contribution in [2.75, 3.05) is 73.7 Å². The van der Waals surface area contributed by atoms with E-state index in [2.05, 4.69) is 21.5 Å². The molecule has 25 nitrogen and oxygen atoms in total. The molecule has 0 spiro atoms. The number of benzene rings is 7. The number of hydrogen-bond acceptors (Lipinski definition) is 15. The highest BCUT2D eigenvalue weighted by Crippen LogP contribution is 2.41. The molecule has 7 amide bonds. The van der Waals surface area contributed by atoms with Crippen molar-refractivity contribution in [3.63, 3.8) is 0 Å². The minimum atomic E-state index is -0.711. The zero-order valence-corrected chi connectivity index (χ0v) is 72.0. The van der Waals surface area contributed by atoms with E-state index < -0.39 is 17.8 Å². The molecule has 0 saturated carbocycles. The molecule has 0 aliphatic carbocycles. The van der Waals surface area contributed by atoms with Crippen molar-refractivity contribution >= 4 is 129 Å². The van der Waals surface area contributed by atoms with Crippen LogP contribution in [0, 0.1) is 5.82 Å². The van der Waals surface area contributed by atoms with Crippen molar-refractivity contribution in [1.29, 1.82) is 0 Å². The molecule has 0 unspecified atom stereocenters. The molecule has 2 fully saturated rings. The van der Waals surface area contributed by atoms with Gasteiger partial charge in [0.25, 0.3) is 17.7 Å². The number of piperidine rings is 2. The molecule has 5 aliphatic heterocycles. The molecule has 121 heavy (non-hydrogen) atoms. The Bertz CT molecular complexity index is 5550. The summed E-state index contributed by atoms with van der Waals surface area (Å²) in [6, 6.07) is 47.8. The summed E-state index contributed by atoms with van der Waals surface area (Å²) in [5.41, 5.74) is 17.5. The highest BCUT2D eigenvalue weighted by atomic mass is 35.5. The summed E-state index contributed by atoms with van der Waals surface area (Å²) in [5, 5.41) is 26.5. The number of halogens is 6. The first-order valence-corrected chi connectivity index (χ1v) is 41.6. The Balaban J connectivity index is 0.000000157. The summed E-state index contributed by atoms with van der Waals surface area (Å²) in [4.78, 5) is 84.9. The molecular formula is C90H93Cl5FN15O10. The number of fused-ring (bicyclic) bond motifs is 3. The van der Waals surface area contributed by atoms with Gasteiger partial charge in [0.15, 0.2) is 17.1 Å². The molecule has 630 valence electrons. The first kappa shape index (κ1) is 87.3. The van der Waals surface area contributed by atoms with Gasteiger partial charge in [-0.2, -0.15) is 15.3 Å². The normalized spacial score (nSPS) is 16.0. The number of nitrogens with zero attached hydrogens (tertiary/aromatic N) is 11. The van der Waals surface area contributed by atoms with Crippen LogP contribution in [0.5, 0.6) is 11.5 Å². The lowest BCUT2D eigenvalue weighted by atomic mass is 9.97. The van der Waals surface area contributed by atoms with Gasteiger partial charge in [-0.3, -0.25) is 35.0 Å². The second-order valence-corrected chi connectivity index (χ2v) is 32.6. The molecule has 3 aromatic heterocycles. The van der Waals surface area contributed by atoms with Crippen LogP contribution in [-0.2, 0) is 29.1 Å². The molecular weight excluding hydrogens is 1650 g/mol. The van der Waals surface area contributed by atoms with Crippen LogP contribution in [0.4, 0.5) is 18.8 Å². The molecule has 5 aliphatic rings. The zero-order valence-electron chi connectivity index (χ0n) is 68.2. The predicted molar refractivity (Wildman–Crippen MR) is 469 cm³/mol. The number of carbonyl (C=O) groups excluding carboxylic acids is 6. The van der Waals surface area contributed by atoms with E-state index in [0.29, 0.717) is 88.9 Å². The fourth-order valence-electron chi connectivity index (χ4n) is 14.9. The molecule has 31 heteroatoms. The molecule has 2 saturated heterocycles. The van der Waals surface area contributed by atoms with Gasteiger partial charge in [-0.1, -0.05) is 138 Å². The van der Waals surface area contributed by atoms with Crippen molar-refractivity contribution in [2.45, 2.75) is 104 Å². The first-order valence-electron chi connectivity index (χ1n) is 39.7. The van der Waals surface area contributed by atoms with Gasteiger partial charge in [0.1, 0.15) is 22.9 Å². The lowest BCUT2D eigenvalue weighted by molar-refractivity contribution is 0.0253. The maximum atomic E-state index is 13.8. The Kier molecular flexibility index (Phi) is 28.4.